The fourth-order valence-electron chi connectivity index (χ4n) is 0.855. The Bertz CT molecular complexity index is 329. The van der Waals surface area contributed by atoms with Crippen LogP contribution in [-0.2, 0) is 6.18 Å². The Morgan fingerprint density at radius 1 is 1.29 bits per heavy atom. The molecule has 1 N–H and O–H groups in total. The van der Waals surface area contributed by atoms with Crippen LogP contribution in [0.4, 0.5) is 13.2 Å². The van der Waals surface area contributed by atoms with Gasteiger partial charge in [0.1, 0.15) is 5.75 Å². The minimum atomic E-state index is -4.49. The van der Waals surface area contributed by atoms with Gasteiger partial charge in [-0.3, -0.25) is 0 Å². The zero-order valence-corrected chi connectivity index (χ0v) is 7.43. The van der Waals surface area contributed by atoms with E-state index in [1.54, 1.807) is 0 Å². The summed E-state index contributed by atoms with van der Waals surface area (Å²) in [5, 5.41) is 8.12. The molecule has 14 heavy (non-hydrogen) atoms. The van der Waals surface area contributed by atoms with Gasteiger partial charge in [0.2, 0.25) is 0 Å². The maximum Gasteiger partial charge on any atom is 0.569 e. The third-order valence-electron chi connectivity index (χ3n) is 1.39. The second-order valence-electron chi connectivity index (χ2n) is 2.40. The van der Waals surface area contributed by atoms with Crippen molar-refractivity contribution in [1.82, 2.24) is 0 Å². The molecule has 0 saturated carbocycles. The van der Waals surface area contributed by atoms with E-state index < -0.39 is 11.7 Å². The van der Waals surface area contributed by atoms with Crippen LogP contribution in [0.2, 0.25) is 5.02 Å². The van der Waals surface area contributed by atoms with Gasteiger partial charge < -0.3 is 9.68 Å². The second kappa shape index (κ2) is 4.10. The van der Waals surface area contributed by atoms with E-state index in [1.807, 2.05) is 0 Å². The van der Waals surface area contributed by atoms with Crippen LogP contribution in [0.15, 0.2) is 18.2 Å². The molecule has 0 unspecified atom stereocenters. The predicted molar refractivity (Wildman–Crippen MR) is 45.1 cm³/mol. The summed E-state index contributed by atoms with van der Waals surface area (Å²) in [4.78, 5) is 0. The molecular weight excluding hydrogens is 219 g/mol. The Kier molecular flexibility index (Phi) is 3.28. The summed E-state index contributed by atoms with van der Waals surface area (Å²) in [5.74, 6) is -0.174. The van der Waals surface area contributed by atoms with Crippen molar-refractivity contribution in [2.45, 2.75) is 6.18 Å². The van der Waals surface area contributed by atoms with Crippen molar-refractivity contribution >= 4 is 19.3 Å². The van der Waals surface area contributed by atoms with E-state index in [0.29, 0.717) is 0 Å². The van der Waals surface area contributed by atoms with E-state index >= 15 is 0 Å². The van der Waals surface area contributed by atoms with Gasteiger partial charge in [-0.15, -0.1) is 0 Å². The fraction of sp³-hybridized carbons (Fsp3) is 0.143. The van der Waals surface area contributed by atoms with Gasteiger partial charge in [-0.1, -0.05) is 11.6 Å². The van der Waals surface area contributed by atoms with Crippen LogP contribution >= 0.6 is 11.6 Å². The Morgan fingerprint density at radius 2 is 1.93 bits per heavy atom. The molecule has 0 amide bonds. The van der Waals surface area contributed by atoms with Gasteiger partial charge in [-0.2, -0.15) is 13.2 Å². The quantitative estimate of drug-likeness (QED) is 0.779. The summed E-state index contributed by atoms with van der Waals surface area (Å²) in [7, 11) is 0.284. The minimum absolute atomic E-state index is 0.114. The molecule has 0 heterocycles. The molecule has 0 bridgehead atoms. The molecule has 0 aliphatic rings. The predicted octanol–water partition coefficient (Wildman–Crippen LogP) is 2.26. The van der Waals surface area contributed by atoms with Crippen LogP contribution in [0, 0.1) is 0 Å². The number of hydrogen-bond acceptors (Lipinski definition) is 2. The summed E-state index contributed by atoms with van der Waals surface area (Å²) in [6, 6.07) is 2.66. The molecule has 0 spiro atoms. The lowest BCUT2D eigenvalue weighted by atomic mass is 10.2. The molecule has 1 radical (unpaired) electrons. The van der Waals surface area contributed by atoms with E-state index in [2.05, 4.69) is 4.65 Å². The number of hydrogen-bond donors (Lipinski definition) is 1. The van der Waals surface area contributed by atoms with Crippen LogP contribution in [0.3, 0.4) is 0 Å². The van der Waals surface area contributed by atoms with Gasteiger partial charge in [-0.05, 0) is 18.2 Å². The summed E-state index contributed by atoms with van der Waals surface area (Å²) in [6.07, 6.45) is -4.49. The Morgan fingerprint density at radius 3 is 2.43 bits per heavy atom. The van der Waals surface area contributed by atoms with Crippen LogP contribution in [0.5, 0.6) is 5.75 Å². The third kappa shape index (κ3) is 2.82. The lowest BCUT2D eigenvalue weighted by Gasteiger charge is -2.09. The van der Waals surface area contributed by atoms with E-state index in [9.17, 15) is 13.2 Å². The van der Waals surface area contributed by atoms with Crippen molar-refractivity contribution in [3.63, 3.8) is 0 Å². The average molecular weight is 223 g/mol. The molecule has 0 aliphatic carbocycles. The summed E-state index contributed by atoms with van der Waals surface area (Å²) in [6.45, 7) is 0. The number of alkyl halides is 3. The van der Waals surface area contributed by atoms with Crippen molar-refractivity contribution in [3.05, 3.63) is 28.8 Å². The number of benzene rings is 1. The van der Waals surface area contributed by atoms with Gasteiger partial charge in [0.15, 0.2) is 0 Å². The zero-order chi connectivity index (χ0) is 10.8. The highest BCUT2D eigenvalue weighted by atomic mass is 35.5. The van der Waals surface area contributed by atoms with Crippen molar-refractivity contribution < 1.29 is 22.8 Å². The highest BCUT2D eigenvalue weighted by molar-refractivity contribution is 6.30. The minimum Gasteiger partial charge on any atom is -0.537 e. The fourth-order valence-corrected chi connectivity index (χ4v) is 1.08. The van der Waals surface area contributed by atoms with E-state index in [-0.39, 0.29) is 18.5 Å². The van der Waals surface area contributed by atoms with Gasteiger partial charge in [0, 0.05) is 5.02 Å². The van der Waals surface area contributed by atoms with Gasteiger partial charge in [0.05, 0.1) is 5.56 Å². The maximum absolute atomic E-state index is 12.2. The van der Waals surface area contributed by atoms with Crippen LogP contribution in [0.1, 0.15) is 5.56 Å². The molecule has 0 aliphatic heterocycles. The summed E-state index contributed by atoms with van der Waals surface area (Å²) < 4.78 is 41.0. The highest BCUT2D eigenvalue weighted by Gasteiger charge is 2.31. The molecule has 1 rings (SSSR count). The first-order valence-corrected chi connectivity index (χ1v) is 3.81. The van der Waals surface area contributed by atoms with Gasteiger partial charge >= 0.3 is 13.9 Å². The monoisotopic (exact) mass is 223 g/mol. The average Bonchev–Trinajstić information content (AvgIpc) is 2.02. The summed E-state index contributed by atoms with van der Waals surface area (Å²) in [5.41, 5.74) is -0.929. The van der Waals surface area contributed by atoms with E-state index in [0.717, 1.165) is 18.2 Å². The SMILES string of the molecule is O[B]Oc1cc(Cl)cc(C(F)(F)F)c1. The molecule has 0 fully saturated rings. The lowest BCUT2D eigenvalue weighted by Crippen LogP contribution is -2.06. The molecule has 75 valence electrons. The van der Waals surface area contributed by atoms with Crippen LogP contribution < -0.4 is 4.65 Å². The third-order valence-corrected chi connectivity index (χ3v) is 1.61. The molecule has 0 aromatic heterocycles. The van der Waals surface area contributed by atoms with E-state index in [4.69, 9.17) is 16.6 Å². The Labute approximate surface area is 83.6 Å². The largest absolute Gasteiger partial charge is 0.569 e. The van der Waals surface area contributed by atoms with Crippen molar-refractivity contribution in [2.24, 2.45) is 0 Å². The first-order valence-electron chi connectivity index (χ1n) is 3.44. The first-order chi connectivity index (χ1) is 6.43. The molecule has 2 nitrogen and oxygen atoms in total. The molecule has 1 aromatic carbocycles. The molecule has 7 heteroatoms. The number of halogens is 4. The van der Waals surface area contributed by atoms with Crippen LogP contribution in [-0.4, -0.2) is 12.7 Å². The van der Waals surface area contributed by atoms with Gasteiger partial charge in [0.25, 0.3) is 0 Å². The van der Waals surface area contributed by atoms with Gasteiger partial charge in [-0.25, -0.2) is 0 Å². The standard InChI is InChI=1S/C7H4BClF3O2/c9-5-1-4(7(10,11)12)2-6(3-5)14-8-13/h1-3,13H. The second-order valence-corrected chi connectivity index (χ2v) is 2.83. The van der Waals surface area contributed by atoms with Crippen LogP contribution in [0.25, 0.3) is 0 Å². The normalized spacial score (nSPS) is 11.2. The topological polar surface area (TPSA) is 29.5 Å². The lowest BCUT2D eigenvalue weighted by molar-refractivity contribution is -0.137. The maximum atomic E-state index is 12.2. The first kappa shape index (κ1) is 11.2. The Balaban J connectivity index is 3.07. The molecule has 0 atom stereocenters. The molecule has 0 saturated heterocycles. The number of rotatable bonds is 2. The smallest absolute Gasteiger partial charge is 0.537 e. The zero-order valence-electron chi connectivity index (χ0n) is 6.68. The van der Waals surface area contributed by atoms with Crippen molar-refractivity contribution in [1.29, 1.82) is 0 Å². The highest BCUT2D eigenvalue weighted by Crippen LogP contribution is 2.33. The summed E-state index contributed by atoms with van der Waals surface area (Å²) >= 11 is 5.42. The van der Waals surface area contributed by atoms with E-state index in [1.165, 1.54) is 0 Å². The molecular formula is C7H4BClF3O2. The Hall–Kier alpha value is -0.875. The molecule has 1 aromatic rings. The van der Waals surface area contributed by atoms with Crippen molar-refractivity contribution in [3.8, 4) is 5.75 Å². The van der Waals surface area contributed by atoms with Crippen molar-refractivity contribution in [2.75, 3.05) is 0 Å².